The number of carbonyl (C=O) groups excluding carboxylic acids is 2. The van der Waals surface area contributed by atoms with E-state index >= 15 is 0 Å². The normalized spacial score (nSPS) is 34.2. The minimum Gasteiger partial charge on any atom is -0.469 e. The second-order valence-corrected chi connectivity index (χ2v) is 7.41. The number of nitrogens with one attached hydrogen (secondary N) is 1. The second kappa shape index (κ2) is 7.20. The van der Waals surface area contributed by atoms with Crippen LogP contribution in [-0.4, -0.2) is 40.7 Å². The number of hydrogen-bond donors (Lipinski definition) is 1. The molecule has 0 aromatic carbocycles. The molecule has 0 spiro atoms. The van der Waals surface area contributed by atoms with E-state index in [-0.39, 0.29) is 29.8 Å². The Labute approximate surface area is 122 Å². The van der Waals surface area contributed by atoms with Crippen molar-refractivity contribution in [2.24, 2.45) is 11.8 Å². The van der Waals surface area contributed by atoms with Crippen molar-refractivity contribution in [3.05, 3.63) is 0 Å². The molecular weight excluding hydrogens is 278 g/mol. The summed E-state index contributed by atoms with van der Waals surface area (Å²) in [5.74, 6) is 0.997. The van der Waals surface area contributed by atoms with E-state index in [1.165, 1.54) is 7.11 Å². The number of carbonyl (C=O) groups is 2. The predicted octanol–water partition coefficient (Wildman–Crippen LogP) is 0.993. The van der Waals surface area contributed by atoms with Gasteiger partial charge < -0.3 is 10.1 Å². The number of methoxy groups -OCH3 is 1. The van der Waals surface area contributed by atoms with E-state index in [0.717, 1.165) is 32.1 Å². The molecule has 2 unspecified atom stereocenters. The highest BCUT2D eigenvalue weighted by Crippen LogP contribution is 2.30. The fourth-order valence-electron chi connectivity index (χ4n) is 3.07. The van der Waals surface area contributed by atoms with E-state index in [1.54, 1.807) is 0 Å². The van der Waals surface area contributed by atoms with Crippen molar-refractivity contribution in [3.63, 3.8) is 0 Å². The third-order valence-electron chi connectivity index (χ3n) is 4.31. The summed E-state index contributed by atoms with van der Waals surface area (Å²) in [6.45, 7) is 0. The lowest BCUT2D eigenvalue weighted by atomic mass is 9.81. The molecule has 114 valence electrons. The van der Waals surface area contributed by atoms with Gasteiger partial charge in [0, 0.05) is 34.3 Å². The van der Waals surface area contributed by atoms with Gasteiger partial charge in [-0.05, 0) is 32.1 Å². The summed E-state index contributed by atoms with van der Waals surface area (Å²) >= 11 is 0. The van der Waals surface area contributed by atoms with Crippen LogP contribution < -0.4 is 5.32 Å². The van der Waals surface area contributed by atoms with Crippen LogP contribution in [0.1, 0.15) is 38.5 Å². The van der Waals surface area contributed by atoms with Gasteiger partial charge in [0.15, 0.2) is 0 Å². The van der Waals surface area contributed by atoms with Gasteiger partial charge in [0.05, 0.1) is 13.0 Å². The van der Waals surface area contributed by atoms with Gasteiger partial charge >= 0.3 is 5.97 Å². The molecule has 0 aromatic heterocycles. The van der Waals surface area contributed by atoms with Gasteiger partial charge in [0.2, 0.25) is 5.91 Å². The topological polar surface area (TPSA) is 72.5 Å². The predicted molar refractivity (Wildman–Crippen MR) is 76.5 cm³/mol. The molecule has 1 aliphatic carbocycles. The molecule has 1 N–H and O–H groups in total. The van der Waals surface area contributed by atoms with Gasteiger partial charge in [0.1, 0.15) is 0 Å². The molecule has 1 saturated heterocycles. The molecule has 2 atom stereocenters. The third kappa shape index (κ3) is 4.04. The molecule has 6 heteroatoms. The number of rotatable bonds is 3. The van der Waals surface area contributed by atoms with Crippen LogP contribution in [0.2, 0.25) is 0 Å². The quantitative estimate of drug-likeness (QED) is 0.789. The molecule has 1 amide bonds. The maximum atomic E-state index is 12.3. The lowest BCUT2D eigenvalue weighted by Crippen LogP contribution is -2.43. The van der Waals surface area contributed by atoms with Gasteiger partial charge in [-0.2, -0.15) is 0 Å². The SMILES string of the molecule is COC(=O)C1CCCC(C(=O)NC2CCS(=O)CC2)C1. The highest BCUT2D eigenvalue weighted by molar-refractivity contribution is 7.85. The average molecular weight is 301 g/mol. The van der Waals surface area contributed by atoms with Crippen molar-refractivity contribution >= 4 is 22.7 Å². The Morgan fingerprint density at radius 1 is 1.10 bits per heavy atom. The molecule has 1 aliphatic heterocycles. The van der Waals surface area contributed by atoms with Gasteiger partial charge in [-0.3, -0.25) is 13.8 Å². The summed E-state index contributed by atoms with van der Waals surface area (Å²) in [5.41, 5.74) is 0. The number of hydrogen-bond acceptors (Lipinski definition) is 4. The third-order valence-corrected chi connectivity index (χ3v) is 5.70. The Morgan fingerprint density at radius 2 is 1.75 bits per heavy atom. The molecule has 0 radical (unpaired) electrons. The van der Waals surface area contributed by atoms with Crippen LogP contribution in [0, 0.1) is 11.8 Å². The molecule has 0 bridgehead atoms. The Bertz CT molecular complexity index is 389. The minimum absolute atomic E-state index is 0.0521. The maximum absolute atomic E-state index is 12.3. The van der Waals surface area contributed by atoms with Crippen LogP contribution in [0.3, 0.4) is 0 Å². The molecule has 2 fully saturated rings. The standard InChI is InChI=1S/C14H23NO4S/c1-19-14(17)11-4-2-3-10(9-11)13(16)15-12-5-7-20(18)8-6-12/h10-12H,2-9H2,1H3,(H,15,16). The van der Waals surface area contributed by atoms with Crippen molar-refractivity contribution in [1.29, 1.82) is 0 Å². The highest BCUT2D eigenvalue weighted by atomic mass is 32.2. The number of ether oxygens (including phenoxy) is 1. The number of amides is 1. The summed E-state index contributed by atoms with van der Waals surface area (Å²) in [7, 11) is 0.691. The first kappa shape index (κ1) is 15.5. The van der Waals surface area contributed by atoms with E-state index in [4.69, 9.17) is 4.74 Å². The molecule has 5 nitrogen and oxygen atoms in total. The molecule has 0 aromatic rings. The van der Waals surface area contributed by atoms with Crippen LogP contribution in [0.25, 0.3) is 0 Å². The van der Waals surface area contributed by atoms with E-state index in [1.807, 2.05) is 0 Å². The van der Waals surface area contributed by atoms with Gasteiger partial charge in [-0.25, -0.2) is 0 Å². The molecule has 1 heterocycles. The summed E-state index contributed by atoms with van der Waals surface area (Å²) in [4.78, 5) is 23.8. The van der Waals surface area contributed by atoms with Crippen LogP contribution in [0.15, 0.2) is 0 Å². The Hall–Kier alpha value is -0.910. The average Bonchev–Trinajstić information content (AvgIpc) is 2.49. The zero-order valence-corrected chi connectivity index (χ0v) is 12.7. The fraction of sp³-hybridized carbons (Fsp3) is 0.857. The van der Waals surface area contributed by atoms with Crippen LogP contribution in [0.5, 0.6) is 0 Å². The maximum Gasteiger partial charge on any atom is 0.308 e. The summed E-state index contributed by atoms with van der Waals surface area (Å²) in [6, 6.07) is 0.152. The Balaban J connectivity index is 1.82. The Morgan fingerprint density at radius 3 is 2.40 bits per heavy atom. The Kier molecular flexibility index (Phi) is 5.57. The van der Waals surface area contributed by atoms with E-state index in [2.05, 4.69) is 5.32 Å². The van der Waals surface area contributed by atoms with Gasteiger partial charge in [-0.15, -0.1) is 0 Å². The van der Waals surface area contributed by atoms with E-state index in [9.17, 15) is 13.8 Å². The second-order valence-electron chi connectivity index (χ2n) is 5.71. The molecule has 20 heavy (non-hydrogen) atoms. The smallest absolute Gasteiger partial charge is 0.308 e. The van der Waals surface area contributed by atoms with Gasteiger partial charge in [-0.1, -0.05) is 6.42 Å². The molecular formula is C14H23NO4S. The lowest BCUT2D eigenvalue weighted by molar-refractivity contribution is -0.147. The van der Waals surface area contributed by atoms with Crippen molar-refractivity contribution in [2.45, 2.75) is 44.6 Å². The van der Waals surface area contributed by atoms with Crippen molar-refractivity contribution in [1.82, 2.24) is 5.32 Å². The largest absolute Gasteiger partial charge is 0.469 e. The summed E-state index contributed by atoms with van der Waals surface area (Å²) < 4.78 is 16.1. The fourth-order valence-corrected chi connectivity index (χ4v) is 4.36. The zero-order chi connectivity index (χ0) is 14.5. The first-order chi connectivity index (χ1) is 9.60. The van der Waals surface area contributed by atoms with Crippen molar-refractivity contribution < 1.29 is 18.5 Å². The minimum atomic E-state index is -0.706. The zero-order valence-electron chi connectivity index (χ0n) is 11.9. The first-order valence-electron chi connectivity index (χ1n) is 7.33. The molecule has 2 rings (SSSR count). The van der Waals surface area contributed by atoms with Gasteiger partial charge in [0.25, 0.3) is 0 Å². The van der Waals surface area contributed by atoms with Crippen molar-refractivity contribution in [3.8, 4) is 0 Å². The van der Waals surface area contributed by atoms with Crippen molar-refractivity contribution in [2.75, 3.05) is 18.6 Å². The van der Waals surface area contributed by atoms with Crippen LogP contribution in [0.4, 0.5) is 0 Å². The monoisotopic (exact) mass is 301 g/mol. The summed E-state index contributed by atoms with van der Waals surface area (Å²) in [6.07, 6.45) is 4.75. The molecule has 2 aliphatic rings. The van der Waals surface area contributed by atoms with E-state index < -0.39 is 10.8 Å². The van der Waals surface area contributed by atoms with Crippen LogP contribution in [-0.2, 0) is 25.1 Å². The lowest BCUT2D eigenvalue weighted by Gasteiger charge is -2.29. The number of esters is 1. The first-order valence-corrected chi connectivity index (χ1v) is 8.82. The molecule has 1 saturated carbocycles. The van der Waals surface area contributed by atoms with Crippen LogP contribution >= 0.6 is 0 Å². The highest BCUT2D eigenvalue weighted by Gasteiger charge is 2.32. The van der Waals surface area contributed by atoms with E-state index in [0.29, 0.717) is 17.9 Å². The summed E-state index contributed by atoms with van der Waals surface area (Å²) in [5, 5.41) is 3.06.